The van der Waals surface area contributed by atoms with Crippen LogP contribution in [0.25, 0.3) is 0 Å². The van der Waals surface area contributed by atoms with E-state index in [2.05, 4.69) is 46.4 Å². The van der Waals surface area contributed by atoms with Gasteiger partial charge in [0, 0.05) is 14.1 Å². The highest BCUT2D eigenvalue weighted by Gasteiger charge is 2.11. The monoisotopic (exact) mass is 321 g/mol. The second-order valence-electron chi connectivity index (χ2n) is 4.14. The molecule has 0 saturated heterocycles. The molecule has 0 aliphatic carbocycles. The standard InChI is InChI=1S/C10H16IN3O/c1-6(2)5-7-8(11)9(15)13-10(12-7)14(3)4/h6H,5H2,1-4H3,(H,12,13,15). The van der Waals surface area contributed by atoms with Gasteiger partial charge >= 0.3 is 0 Å². The molecular formula is C10H16IN3O. The van der Waals surface area contributed by atoms with Gasteiger partial charge in [-0.3, -0.25) is 9.78 Å². The molecule has 5 heteroatoms. The van der Waals surface area contributed by atoms with E-state index in [1.165, 1.54) is 0 Å². The van der Waals surface area contributed by atoms with E-state index in [0.29, 0.717) is 15.4 Å². The summed E-state index contributed by atoms with van der Waals surface area (Å²) in [6, 6.07) is 0. The molecule has 84 valence electrons. The molecule has 0 amide bonds. The average molecular weight is 321 g/mol. The van der Waals surface area contributed by atoms with Gasteiger partial charge in [-0.25, -0.2) is 4.98 Å². The van der Waals surface area contributed by atoms with Crippen molar-refractivity contribution in [3.63, 3.8) is 0 Å². The highest BCUT2D eigenvalue weighted by atomic mass is 127. The molecule has 0 saturated carbocycles. The number of hydrogen-bond donors (Lipinski definition) is 1. The molecule has 1 aromatic heterocycles. The number of aromatic nitrogens is 2. The lowest BCUT2D eigenvalue weighted by Crippen LogP contribution is -2.23. The molecule has 0 fully saturated rings. The van der Waals surface area contributed by atoms with Crippen LogP contribution in [0.2, 0.25) is 0 Å². The molecule has 1 aromatic rings. The lowest BCUT2D eigenvalue weighted by atomic mass is 10.1. The van der Waals surface area contributed by atoms with Gasteiger partial charge in [-0.1, -0.05) is 13.8 Å². The van der Waals surface area contributed by atoms with Crippen LogP contribution in [0, 0.1) is 9.49 Å². The summed E-state index contributed by atoms with van der Waals surface area (Å²) in [5.41, 5.74) is 0.836. The van der Waals surface area contributed by atoms with Crippen molar-refractivity contribution in [1.29, 1.82) is 0 Å². The Hall–Kier alpha value is -0.590. The summed E-state index contributed by atoms with van der Waals surface area (Å²) in [6.45, 7) is 4.24. The Morgan fingerprint density at radius 1 is 1.47 bits per heavy atom. The van der Waals surface area contributed by atoms with Crippen LogP contribution in [0.3, 0.4) is 0 Å². The van der Waals surface area contributed by atoms with Crippen LogP contribution in [0.5, 0.6) is 0 Å². The summed E-state index contributed by atoms with van der Waals surface area (Å²) in [5.74, 6) is 1.12. The molecule has 0 aliphatic heterocycles. The summed E-state index contributed by atoms with van der Waals surface area (Å²) >= 11 is 2.05. The summed E-state index contributed by atoms with van der Waals surface area (Å²) in [5, 5.41) is 0. The number of halogens is 1. The lowest BCUT2D eigenvalue weighted by Gasteiger charge is -2.13. The van der Waals surface area contributed by atoms with E-state index in [0.717, 1.165) is 12.1 Å². The van der Waals surface area contributed by atoms with Gasteiger partial charge in [0.05, 0.1) is 9.26 Å². The van der Waals surface area contributed by atoms with E-state index in [-0.39, 0.29) is 5.56 Å². The molecule has 0 aromatic carbocycles. The molecule has 0 radical (unpaired) electrons. The first kappa shape index (κ1) is 12.5. The highest BCUT2D eigenvalue weighted by molar-refractivity contribution is 14.1. The molecule has 4 nitrogen and oxygen atoms in total. The SMILES string of the molecule is CC(C)Cc1nc(N(C)C)[nH]c(=O)c1I. The number of aromatic amines is 1. The van der Waals surface area contributed by atoms with Gasteiger partial charge in [0.2, 0.25) is 5.95 Å². The summed E-state index contributed by atoms with van der Waals surface area (Å²) < 4.78 is 0.701. The third kappa shape index (κ3) is 3.19. The Balaban J connectivity index is 3.19. The Morgan fingerprint density at radius 2 is 2.07 bits per heavy atom. The maximum Gasteiger partial charge on any atom is 0.265 e. The van der Waals surface area contributed by atoms with Crippen molar-refractivity contribution in [3.05, 3.63) is 19.6 Å². The zero-order valence-electron chi connectivity index (χ0n) is 9.47. The maximum absolute atomic E-state index is 11.6. The first-order chi connectivity index (χ1) is 6.91. The molecular weight excluding hydrogens is 305 g/mol. The largest absolute Gasteiger partial charge is 0.348 e. The van der Waals surface area contributed by atoms with E-state index in [9.17, 15) is 4.79 Å². The van der Waals surface area contributed by atoms with Crippen LogP contribution in [0.1, 0.15) is 19.5 Å². The lowest BCUT2D eigenvalue weighted by molar-refractivity contribution is 0.630. The van der Waals surface area contributed by atoms with E-state index < -0.39 is 0 Å². The van der Waals surface area contributed by atoms with Crippen molar-refractivity contribution in [3.8, 4) is 0 Å². The number of nitrogens with zero attached hydrogens (tertiary/aromatic N) is 2. The first-order valence-electron chi connectivity index (χ1n) is 4.87. The number of H-pyrrole nitrogens is 1. The molecule has 1 heterocycles. The molecule has 1 rings (SSSR count). The van der Waals surface area contributed by atoms with Crippen molar-refractivity contribution in [2.24, 2.45) is 5.92 Å². The van der Waals surface area contributed by atoms with Gasteiger partial charge in [0.1, 0.15) is 0 Å². The molecule has 1 N–H and O–H groups in total. The number of nitrogens with one attached hydrogen (secondary N) is 1. The van der Waals surface area contributed by atoms with Crippen molar-refractivity contribution in [2.45, 2.75) is 20.3 Å². The number of rotatable bonds is 3. The van der Waals surface area contributed by atoms with E-state index in [1.54, 1.807) is 4.90 Å². The second-order valence-corrected chi connectivity index (χ2v) is 5.22. The minimum atomic E-state index is -0.0510. The summed E-state index contributed by atoms with van der Waals surface area (Å²) in [6.07, 6.45) is 0.836. The predicted octanol–water partition coefficient (Wildman–Crippen LogP) is 1.64. The van der Waals surface area contributed by atoms with Crippen LogP contribution < -0.4 is 10.5 Å². The van der Waals surface area contributed by atoms with Gasteiger partial charge in [0.25, 0.3) is 5.56 Å². The van der Waals surface area contributed by atoms with Crippen LogP contribution >= 0.6 is 22.6 Å². The maximum atomic E-state index is 11.6. The van der Waals surface area contributed by atoms with Gasteiger partial charge in [0.15, 0.2) is 0 Å². The third-order valence-electron chi connectivity index (χ3n) is 1.94. The minimum Gasteiger partial charge on any atom is -0.348 e. The topological polar surface area (TPSA) is 49.0 Å². The second kappa shape index (κ2) is 4.96. The average Bonchev–Trinajstić information content (AvgIpc) is 2.11. The number of anilines is 1. The summed E-state index contributed by atoms with van der Waals surface area (Å²) in [7, 11) is 3.73. The van der Waals surface area contributed by atoms with E-state index in [4.69, 9.17) is 0 Å². The Bertz CT molecular complexity index is 398. The fraction of sp³-hybridized carbons (Fsp3) is 0.600. The number of hydrogen-bond acceptors (Lipinski definition) is 3. The summed E-state index contributed by atoms with van der Waals surface area (Å²) in [4.78, 5) is 20.6. The fourth-order valence-electron chi connectivity index (χ4n) is 1.23. The molecule has 0 aliphatic rings. The Labute approximate surface area is 103 Å². The van der Waals surface area contributed by atoms with Gasteiger partial charge in [-0.15, -0.1) is 0 Å². The van der Waals surface area contributed by atoms with Crippen molar-refractivity contribution < 1.29 is 0 Å². The van der Waals surface area contributed by atoms with E-state index >= 15 is 0 Å². The Kier molecular flexibility index (Phi) is 4.12. The molecule has 0 bridgehead atoms. The normalized spacial score (nSPS) is 10.8. The van der Waals surface area contributed by atoms with Gasteiger partial charge in [-0.05, 0) is 34.9 Å². The zero-order valence-corrected chi connectivity index (χ0v) is 11.6. The van der Waals surface area contributed by atoms with Crippen LogP contribution in [0.15, 0.2) is 4.79 Å². The van der Waals surface area contributed by atoms with Crippen LogP contribution in [-0.4, -0.2) is 24.1 Å². The highest BCUT2D eigenvalue weighted by Crippen LogP contribution is 2.12. The first-order valence-corrected chi connectivity index (χ1v) is 5.95. The fourth-order valence-corrected chi connectivity index (χ4v) is 1.70. The van der Waals surface area contributed by atoms with Crippen LogP contribution in [0.4, 0.5) is 5.95 Å². The molecule has 0 atom stereocenters. The molecule has 0 spiro atoms. The van der Waals surface area contributed by atoms with E-state index in [1.807, 2.05) is 14.1 Å². The van der Waals surface area contributed by atoms with Gasteiger partial charge in [-0.2, -0.15) is 0 Å². The van der Waals surface area contributed by atoms with Gasteiger partial charge < -0.3 is 4.90 Å². The zero-order chi connectivity index (χ0) is 11.6. The van der Waals surface area contributed by atoms with Crippen molar-refractivity contribution in [2.75, 3.05) is 19.0 Å². The van der Waals surface area contributed by atoms with Crippen molar-refractivity contribution in [1.82, 2.24) is 9.97 Å². The van der Waals surface area contributed by atoms with Crippen LogP contribution in [-0.2, 0) is 6.42 Å². The molecule has 0 unspecified atom stereocenters. The van der Waals surface area contributed by atoms with Crippen molar-refractivity contribution >= 4 is 28.5 Å². The third-order valence-corrected chi connectivity index (χ3v) is 3.06. The smallest absolute Gasteiger partial charge is 0.265 e. The quantitative estimate of drug-likeness (QED) is 0.861. The predicted molar refractivity (Wildman–Crippen MR) is 70.4 cm³/mol. The minimum absolute atomic E-state index is 0.0510. The molecule has 15 heavy (non-hydrogen) atoms. The Morgan fingerprint density at radius 3 is 2.53 bits per heavy atom.